The van der Waals surface area contributed by atoms with Gasteiger partial charge in [-0.1, -0.05) is 5.16 Å². The minimum atomic E-state index is -3.23. The van der Waals surface area contributed by atoms with E-state index in [0.29, 0.717) is 12.8 Å². The monoisotopic (exact) mass is 806 g/mol. The zero-order valence-corrected chi connectivity index (χ0v) is 33.9. The number of carbonyl (C=O) groups is 3. The van der Waals surface area contributed by atoms with Crippen LogP contribution in [0.3, 0.4) is 0 Å². The molecular formula is C30H58N6O13S3. The van der Waals surface area contributed by atoms with E-state index in [-0.39, 0.29) is 58.7 Å². The van der Waals surface area contributed by atoms with E-state index in [1.807, 2.05) is 0 Å². The smallest absolute Gasteiger partial charge is 0.408 e. The molecule has 3 amide bonds. The number of amides is 3. The van der Waals surface area contributed by atoms with Crippen LogP contribution in [0.5, 0.6) is 0 Å². The van der Waals surface area contributed by atoms with Crippen LogP contribution in [0.1, 0.15) is 81.6 Å². The molecule has 1 unspecified atom stereocenters. The minimum absolute atomic E-state index is 0.0344. The van der Waals surface area contributed by atoms with Crippen LogP contribution in [0.25, 0.3) is 0 Å². The maximum atomic E-state index is 11.5. The molecule has 304 valence electrons. The van der Waals surface area contributed by atoms with Gasteiger partial charge in [-0.2, -0.15) is 0 Å². The molecule has 3 heterocycles. The minimum Gasteiger partial charge on any atom is -0.444 e. The molecule has 0 bridgehead atoms. The van der Waals surface area contributed by atoms with Crippen LogP contribution in [0.2, 0.25) is 0 Å². The third kappa shape index (κ3) is 19.8. The van der Waals surface area contributed by atoms with Crippen molar-refractivity contribution in [3.8, 4) is 0 Å². The molecular weight excluding hydrogens is 749 g/mol. The van der Waals surface area contributed by atoms with Gasteiger partial charge in [-0.3, -0.25) is 0 Å². The zero-order chi connectivity index (χ0) is 40.5. The first-order chi connectivity index (χ1) is 23.3. The number of hydrogen-bond donors (Lipinski definition) is 6. The van der Waals surface area contributed by atoms with Gasteiger partial charge in [0.25, 0.3) is 0 Å². The molecule has 0 aromatic heterocycles. The van der Waals surface area contributed by atoms with E-state index in [9.17, 15) is 39.6 Å². The highest BCUT2D eigenvalue weighted by Crippen LogP contribution is 2.16. The number of alkyl carbamates (subject to hydrolysis) is 3. The first-order valence-electron chi connectivity index (χ1n) is 16.6. The maximum absolute atomic E-state index is 11.5. The van der Waals surface area contributed by atoms with Crippen molar-refractivity contribution >= 4 is 53.5 Å². The lowest BCUT2D eigenvalue weighted by atomic mass is 10.1. The molecule has 22 heteroatoms. The highest BCUT2D eigenvalue weighted by atomic mass is 32.2. The molecule has 3 rings (SSSR count). The van der Waals surface area contributed by atoms with Gasteiger partial charge in [0.2, 0.25) is 0 Å². The van der Waals surface area contributed by atoms with E-state index in [2.05, 4.69) is 21.1 Å². The van der Waals surface area contributed by atoms with Crippen LogP contribution in [0.4, 0.5) is 14.4 Å². The van der Waals surface area contributed by atoms with Crippen LogP contribution in [-0.4, -0.2) is 136 Å². The van der Waals surface area contributed by atoms with Crippen LogP contribution in [0.15, 0.2) is 5.16 Å². The summed E-state index contributed by atoms with van der Waals surface area (Å²) >= 11 is 0. The van der Waals surface area contributed by atoms with Crippen molar-refractivity contribution in [2.24, 2.45) is 16.6 Å². The summed E-state index contributed by atoms with van der Waals surface area (Å²) in [6.07, 6.45) is -0.922. The van der Waals surface area contributed by atoms with Gasteiger partial charge in [0, 0.05) is 24.2 Å². The van der Waals surface area contributed by atoms with Gasteiger partial charge < -0.3 is 46.8 Å². The molecule has 0 aliphatic carbocycles. The summed E-state index contributed by atoms with van der Waals surface area (Å²) in [5, 5.41) is 19.4. The summed E-state index contributed by atoms with van der Waals surface area (Å²) in [5.41, 5.74) is 9.68. The number of sulfone groups is 3. The summed E-state index contributed by atoms with van der Waals surface area (Å²) in [5.74, 6) is -0.459. The number of ether oxygens (including phenoxy) is 3. The van der Waals surface area contributed by atoms with Crippen molar-refractivity contribution < 1.29 is 59.1 Å². The van der Waals surface area contributed by atoms with Gasteiger partial charge in [-0.15, -0.1) is 0 Å². The third-order valence-electron chi connectivity index (χ3n) is 7.12. The molecule has 0 aromatic rings. The molecule has 19 nitrogen and oxygen atoms in total. The largest absolute Gasteiger partial charge is 0.444 e. The van der Waals surface area contributed by atoms with Crippen LogP contribution in [-0.2, 0) is 43.7 Å². The van der Waals surface area contributed by atoms with Crippen LogP contribution >= 0.6 is 0 Å². The fraction of sp³-hybridized carbons (Fsp3) is 0.867. The first kappa shape index (κ1) is 47.1. The van der Waals surface area contributed by atoms with E-state index < -0.39 is 82.7 Å². The van der Waals surface area contributed by atoms with Crippen molar-refractivity contribution in [2.75, 3.05) is 34.5 Å². The zero-order valence-electron chi connectivity index (χ0n) is 31.4. The molecule has 0 aromatic carbocycles. The molecule has 3 saturated heterocycles. The number of rotatable bonds is 3. The lowest BCUT2D eigenvalue weighted by Crippen LogP contribution is -2.55. The summed E-state index contributed by atoms with van der Waals surface area (Å²) in [7, 11) is -9.34. The predicted molar refractivity (Wildman–Crippen MR) is 194 cm³/mol. The standard InChI is InChI=1S/C10H18N2O5S.2C10H20N2O4S/c1-10(2,3)17-9(13)11-7-4-5-18(15,16)6-8(7)12-14;2*1-10(2,3)16-9(13)12-8-4-5-17(14,15)6-7(8)11/h7,14H,4-6H2,1-3H3,(H,11,13);2*7-8H,4-6,11H2,1-3H3,(H,12,13)/b12-8+;;/t;7-,8+;7-,8-/m.10/s1. The van der Waals surface area contributed by atoms with Gasteiger partial charge in [0.05, 0.1) is 46.3 Å². The Bertz CT molecular complexity index is 1520. The molecule has 3 fully saturated rings. The molecule has 8 N–H and O–H groups in total. The Morgan fingerprint density at radius 3 is 1.25 bits per heavy atom. The number of oxime groups is 1. The van der Waals surface area contributed by atoms with Crippen molar-refractivity contribution in [3.05, 3.63) is 0 Å². The maximum Gasteiger partial charge on any atom is 0.408 e. The average molecular weight is 807 g/mol. The second-order valence-electron chi connectivity index (χ2n) is 15.8. The molecule has 0 saturated carbocycles. The second kappa shape index (κ2) is 18.4. The van der Waals surface area contributed by atoms with Crippen molar-refractivity contribution in [1.82, 2.24) is 16.0 Å². The van der Waals surface area contributed by atoms with E-state index >= 15 is 0 Å². The summed E-state index contributed by atoms with van der Waals surface area (Å²) in [6.45, 7) is 15.7. The van der Waals surface area contributed by atoms with E-state index in [1.54, 1.807) is 62.3 Å². The molecule has 0 spiro atoms. The lowest BCUT2D eigenvalue weighted by molar-refractivity contribution is 0.0484. The molecule has 3 aliphatic heterocycles. The molecule has 0 radical (unpaired) electrons. The van der Waals surface area contributed by atoms with Crippen LogP contribution in [0, 0.1) is 0 Å². The van der Waals surface area contributed by atoms with Gasteiger partial charge in [0.15, 0.2) is 29.5 Å². The van der Waals surface area contributed by atoms with Gasteiger partial charge >= 0.3 is 18.3 Å². The Morgan fingerprint density at radius 1 is 0.615 bits per heavy atom. The topological polar surface area (TPSA) is 302 Å². The quantitative estimate of drug-likeness (QED) is 0.129. The highest BCUT2D eigenvalue weighted by molar-refractivity contribution is 7.92. The van der Waals surface area contributed by atoms with E-state index in [1.165, 1.54) is 0 Å². The van der Waals surface area contributed by atoms with Gasteiger partial charge in [-0.05, 0) is 81.6 Å². The highest BCUT2D eigenvalue weighted by Gasteiger charge is 2.35. The van der Waals surface area contributed by atoms with Crippen molar-refractivity contribution in [1.29, 1.82) is 0 Å². The Morgan fingerprint density at radius 2 is 0.942 bits per heavy atom. The number of carbonyl (C=O) groups excluding carboxylic acids is 3. The number of hydrogen-bond acceptors (Lipinski definition) is 16. The lowest BCUT2D eigenvalue weighted by Gasteiger charge is -2.30. The molecule has 52 heavy (non-hydrogen) atoms. The summed E-state index contributed by atoms with van der Waals surface area (Å²) in [6, 6.07) is -2.42. The third-order valence-corrected chi connectivity index (χ3v) is 12.2. The fourth-order valence-electron chi connectivity index (χ4n) is 4.87. The SMILES string of the molecule is CC(C)(C)OC(=O)NC1CCS(=O)(=O)C/C1=N\O.CC(C)(C)OC(=O)N[C@H]1CCS(=O)(=O)C[C@@H]1N.CC(C)(C)OC(=O)N[C@H]1CCS(=O)(=O)C[C@H]1N. The Kier molecular flexibility index (Phi) is 16.6. The summed E-state index contributed by atoms with van der Waals surface area (Å²) in [4.78, 5) is 34.5. The second-order valence-corrected chi connectivity index (χ2v) is 22.5. The first-order valence-corrected chi connectivity index (χ1v) is 22.1. The number of nitrogens with one attached hydrogen (secondary N) is 3. The van der Waals surface area contributed by atoms with E-state index in [4.69, 9.17) is 30.9 Å². The Hall–Kier alpha value is -2.95. The predicted octanol–water partition coefficient (Wildman–Crippen LogP) is 0.579. The van der Waals surface area contributed by atoms with Crippen LogP contribution < -0.4 is 27.4 Å². The summed E-state index contributed by atoms with van der Waals surface area (Å²) < 4.78 is 83.1. The normalized spacial score (nSPS) is 27.5. The fourth-order valence-corrected chi connectivity index (χ4v) is 9.51. The number of nitrogens with two attached hydrogens (primary N) is 2. The molecule has 3 aliphatic rings. The Labute approximate surface area is 307 Å². The van der Waals surface area contributed by atoms with Crippen molar-refractivity contribution in [2.45, 2.75) is 129 Å². The van der Waals surface area contributed by atoms with Gasteiger partial charge in [0.1, 0.15) is 16.8 Å². The average Bonchev–Trinajstić information content (AvgIpc) is 2.90. The van der Waals surface area contributed by atoms with E-state index in [0.717, 1.165) is 0 Å². The molecule has 5 atom stereocenters. The Balaban J connectivity index is 0.000000390. The van der Waals surface area contributed by atoms with Gasteiger partial charge in [-0.25, -0.2) is 39.6 Å². The number of nitrogens with zero attached hydrogens (tertiary/aromatic N) is 1. The van der Waals surface area contributed by atoms with Crippen molar-refractivity contribution in [3.63, 3.8) is 0 Å².